The van der Waals surface area contributed by atoms with Crippen LogP contribution in [0.2, 0.25) is 0 Å². The molecule has 0 spiro atoms. The van der Waals surface area contributed by atoms with Gasteiger partial charge in [-0.25, -0.2) is 0 Å². The number of thiocarbonyl (C=S) groups is 1. The van der Waals surface area contributed by atoms with Crippen LogP contribution >= 0.6 is 12.2 Å². The van der Waals surface area contributed by atoms with Gasteiger partial charge in [0.15, 0.2) is 0 Å². The normalized spacial score (nSPS) is 19.2. The minimum atomic E-state index is 0.386. The van der Waals surface area contributed by atoms with E-state index >= 15 is 0 Å². The Morgan fingerprint density at radius 2 is 2.17 bits per heavy atom. The summed E-state index contributed by atoms with van der Waals surface area (Å²) in [5.74, 6) is 0.947. The zero-order valence-electron chi connectivity index (χ0n) is 10.5. The lowest BCUT2D eigenvalue weighted by atomic mass is 10.2. The smallest absolute Gasteiger partial charge is 0.122 e. The van der Waals surface area contributed by atoms with Gasteiger partial charge in [-0.05, 0) is 49.3 Å². The summed E-state index contributed by atoms with van der Waals surface area (Å²) in [4.78, 5) is 7.20. The minimum absolute atomic E-state index is 0.386. The van der Waals surface area contributed by atoms with Crippen LogP contribution in [-0.2, 0) is 6.54 Å². The quantitative estimate of drug-likeness (QED) is 0.796. The first-order valence-corrected chi connectivity index (χ1v) is 7.12. The van der Waals surface area contributed by atoms with Crippen molar-refractivity contribution in [3.8, 4) is 0 Å². The van der Waals surface area contributed by atoms with E-state index in [0.717, 1.165) is 24.2 Å². The van der Waals surface area contributed by atoms with Crippen LogP contribution in [0.5, 0.6) is 0 Å². The average molecular weight is 261 g/mol. The van der Waals surface area contributed by atoms with Crippen molar-refractivity contribution in [2.45, 2.75) is 38.3 Å². The summed E-state index contributed by atoms with van der Waals surface area (Å²) in [5, 5.41) is 0. The predicted molar refractivity (Wildman–Crippen MR) is 76.3 cm³/mol. The first kappa shape index (κ1) is 12.1. The van der Waals surface area contributed by atoms with Crippen molar-refractivity contribution in [2.24, 2.45) is 11.7 Å². The summed E-state index contributed by atoms with van der Waals surface area (Å²) in [5.41, 5.74) is 7.65. The third-order valence-electron chi connectivity index (χ3n) is 3.72. The summed E-state index contributed by atoms with van der Waals surface area (Å²) in [6.07, 6.45) is 7.36. The largest absolute Gasteiger partial charge is 0.388 e. The number of rotatable bonds is 6. The van der Waals surface area contributed by atoms with Crippen molar-refractivity contribution in [1.82, 2.24) is 9.88 Å². The number of hydrogen-bond acceptors (Lipinski definition) is 3. The standard InChI is InChI=1S/C14H19N3S/c15-14(18)13-7-11(5-6-16-13)9-17(12-3-4-12)8-10-1-2-10/h5-7,10,12H,1-4,8-9H2,(H2,15,18). The molecule has 3 rings (SSSR count). The van der Waals surface area contributed by atoms with Gasteiger partial charge in [0.25, 0.3) is 0 Å². The molecule has 96 valence electrons. The SMILES string of the molecule is NC(=S)c1cc(CN(CC2CC2)C2CC2)ccn1. The van der Waals surface area contributed by atoms with Gasteiger partial charge in [-0.2, -0.15) is 0 Å². The van der Waals surface area contributed by atoms with Crippen LogP contribution in [0.25, 0.3) is 0 Å². The van der Waals surface area contributed by atoms with E-state index < -0.39 is 0 Å². The van der Waals surface area contributed by atoms with Crippen molar-refractivity contribution in [3.05, 3.63) is 29.6 Å². The minimum Gasteiger partial charge on any atom is -0.388 e. The van der Waals surface area contributed by atoms with Gasteiger partial charge in [0, 0.05) is 25.3 Å². The number of nitrogens with two attached hydrogens (primary N) is 1. The van der Waals surface area contributed by atoms with E-state index in [4.69, 9.17) is 18.0 Å². The second-order valence-corrected chi connectivity index (χ2v) is 5.96. The van der Waals surface area contributed by atoms with Gasteiger partial charge >= 0.3 is 0 Å². The highest BCUT2D eigenvalue weighted by molar-refractivity contribution is 7.80. The number of nitrogens with zero attached hydrogens (tertiary/aromatic N) is 2. The van der Waals surface area contributed by atoms with E-state index in [2.05, 4.69) is 16.0 Å². The lowest BCUT2D eigenvalue weighted by Crippen LogP contribution is -2.28. The summed E-state index contributed by atoms with van der Waals surface area (Å²) >= 11 is 4.98. The average Bonchev–Trinajstić information content (AvgIpc) is 3.22. The molecule has 0 aliphatic heterocycles. The Labute approximate surface area is 113 Å². The Morgan fingerprint density at radius 3 is 2.78 bits per heavy atom. The molecule has 0 aromatic carbocycles. The number of hydrogen-bond donors (Lipinski definition) is 1. The molecule has 0 amide bonds. The topological polar surface area (TPSA) is 42.1 Å². The predicted octanol–water partition coefficient (Wildman–Crippen LogP) is 2.09. The summed E-state index contributed by atoms with van der Waals surface area (Å²) in [6.45, 7) is 2.27. The molecule has 0 unspecified atom stereocenters. The number of pyridine rings is 1. The van der Waals surface area contributed by atoms with Gasteiger partial charge in [0.1, 0.15) is 4.99 Å². The highest BCUT2D eigenvalue weighted by atomic mass is 32.1. The molecule has 0 radical (unpaired) electrons. The van der Waals surface area contributed by atoms with Gasteiger partial charge in [-0.3, -0.25) is 9.88 Å². The fourth-order valence-electron chi connectivity index (χ4n) is 2.36. The Morgan fingerprint density at radius 1 is 1.39 bits per heavy atom. The maximum Gasteiger partial charge on any atom is 0.122 e. The van der Waals surface area contributed by atoms with E-state index in [9.17, 15) is 0 Å². The van der Waals surface area contributed by atoms with Crippen LogP contribution in [-0.4, -0.2) is 27.5 Å². The summed E-state index contributed by atoms with van der Waals surface area (Å²) in [6, 6.07) is 4.92. The van der Waals surface area contributed by atoms with E-state index in [0.29, 0.717) is 4.99 Å². The van der Waals surface area contributed by atoms with Crippen molar-refractivity contribution >= 4 is 17.2 Å². The molecule has 1 heterocycles. The molecule has 1 aromatic heterocycles. The third kappa shape index (κ3) is 3.06. The lowest BCUT2D eigenvalue weighted by Gasteiger charge is -2.22. The maximum absolute atomic E-state index is 5.63. The Hall–Kier alpha value is -1.00. The number of aromatic nitrogens is 1. The first-order chi connectivity index (χ1) is 8.72. The molecule has 1 aromatic rings. The van der Waals surface area contributed by atoms with Gasteiger partial charge in [-0.1, -0.05) is 12.2 Å². The molecule has 0 bridgehead atoms. The van der Waals surface area contributed by atoms with Crippen molar-refractivity contribution in [3.63, 3.8) is 0 Å². The monoisotopic (exact) mass is 261 g/mol. The van der Waals surface area contributed by atoms with Gasteiger partial charge in [-0.15, -0.1) is 0 Å². The molecule has 3 nitrogen and oxygen atoms in total. The van der Waals surface area contributed by atoms with E-state index in [1.54, 1.807) is 0 Å². The summed E-state index contributed by atoms with van der Waals surface area (Å²) in [7, 11) is 0. The second kappa shape index (κ2) is 4.94. The highest BCUT2D eigenvalue weighted by Gasteiger charge is 2.33. The second-order valence-electron chi connectivity index (χ2n) is 5.52. The zero-order valence-corrected chi connectivity index (χ0v) is 11.3. The molecule has 0 saturated heterocycles. The molecule has 2 N–H and O–H groups in total. The highest BCUT2D eigenvalue weighted by Crippen LogP contribution is 2.35. The Bertz CT molecular complexity index is 452. The molecule has 2 fully saturated rings. The summed E-state index contributed by atoms with van der Waals surface area (Å²) < 4.78 is 0. The lowest BCUT2D eigenvalue weighted by molar-refractivity contribution is 0.244. The fourth-order valence-corrected chi connectivity index (χ4v) is 2.47. The van der Waals surface area contributed by atoms with Crippen LogP contribution in [0.1, 0.15) is 36.9 Å². The van der Waals surface area contributed by atoms with Gasteiger partial charge in [0.05, 0.1) is 5.69 Å². The van der Waals surface area contributed by atoms with Crippen molar-refractivity contribution in [2.75, 3.05) is 6.54 Å². The van der Waals surface area contributed by atoms with E-state index in [1.807, 2.05) is 12.3 Å². The first-order valence-electron chi connectivity index (χ1n) is 6.71. The third-order valence-corrected chi connectivity index (χ3v) is 3.92. The van der Waals surface area contributed by atoms with Crippen LogP contribution in [0, 0.1) is 5.92 Å². The molecule has 2 saturated carbocycles. The molecule has 0 atom stereocenters. The Balaban J connectivity index is 1.68. The van der Waals surface area contributed by atoms with Crippen LogP contribution in [0.15, 0.2) is 18.3 Å². The molecular weight excluding hydrogens is 242 g/mol. The van der Waals surface area contributed by atoms with Crippen LogP contribution in [0.4, 0.5) is 0 Å². The maximum atomic E-state index is 5.63. The molecular formula is C14H19N3S. The molecule has 2 aliphatic rings. The van der Waals surface area contributed by atoms with E-state index in [-0.39, 0.29) is 0 Å². The molecule has 2 aliphatic carbocycles. The fraction of sp³-hybridized carbons (Fsp3) is 0.571. The van der Waals surface area contributed by atoms with E-state index in [1.165, 1.54) is 37.8 Å². The molecule has 4 heteroatoms. The van der Waals surface area contributed by atoms with Gasteiger partial charge < -0.3 is 5.73 Å². The van der Waals surface area contributed by atoms with Crippen molar-refractivity contribution < 1.29 is 0 Å². The van der Waals surface area contributed by atoms with Crippen LogP contribution < -0.4 is 5.73 Å². The van der Waals surface area contributed by atoms with Gasteiger partial charge in [0.2, 0.25) is 0 Å². The molecule has 18 heavy (non-hydrogen) atoms. The Kier molecular flexibility index (Phi) is 3.31. The van der Waals surface area contributed by atoms with Crippen LogP contribution in [0.3, 0.4) is 0 Å². The zero-order chi connectivity index (χ0) is 12.5. The van der Waals surface area contributed by atoms with Crippen molar-refractivity contribution in [1.29, 1.82) is 0 Å².